The van der Waals surface area contributed by atoms with Crippen LogP contribution in [0.25, 0.3) is 22.8 Å². The molecule has 222 valence electrons. The predicted molar refractivity (Wildman–Crippen MR) is 151 cm³/mol. The highest BCUT2D eigenvalue weighted by molar-refractivity contribution is 6.61. The molecule has 0 spiro atoms. The molecule has 0 fully saturated rings. The fraction of sp³-hybridized carbons (Fsp3) is 0.667. The van der Waals surface area contributed by atoms with Gasteiger partial charge < -0.3 is 26.6 Å². The summed E-state index contributed by atoms with van der Waals surface area (Å²) in [7, 11) is -5.77. The van der Waals surface area contributed by atoms with Crippen molar-refractivity contribution in [1.29, 1.82) is 0 Å². The molecule has 0 atom stereocenters. The molecule has 0 aliphatic carbocycles. The lowest BCUT2D eigenvalue weighted by Crippen LogP contribution is -2.46. The Morgan fingerprint density at radius 2 is 0.875 bits per heavy atom. The molecular weight excluding hydrogens is 552 g/mol. The lowest BCUT2D eigenvalue weighted by molar-refractivity contribution is 0.0691. The first-order valence-corrected chi connectivity index (χ1v) is 17.8. The highest BCUT2D eigenvalue weighted by atomic mass is 28.4. The van der Waals surface area contributed by atoms with Crippen LogP contribution in [0.5, 0.6) is 0 Å². The van der Waals surface area contributed by atoms with Crippen LogP contribution in [0.15, 0.2) is 24.3 Å². The summed E-state index contributed by atoms with van der Waals surface area (Å²) < 4.78 is 39.6. The van der Waals surface area contributed by atoms with Crippen LogP contribution in [0.2, 0.25) is 12.1 Å². The first kappa shape index (κ1) is 32.1. The second-order valence-electron chi connectivity index (χ2n) is 8.46. The van der Waals surface area contributed by atoms with Crippen molar-refractivity contribution in [1.82, 2.24) is 40.4 Å². The van der Waals surface area contributed by atoms with Gasteiger partial charge in [-0.25, -0.2) is 9.36 Å². The van der Waals surface area contributed by atoms with E-state index in [-0.39, 0.29) is 0 Å². The quantitative estimate of drug-likeness (QED) is 0.177. The van der Waals surface area contributed by atoms with Gasteiger partial charge in [-0.2, -0.15) is 0 Å². The van der Waals surface area contributed by atoms with Crippen molar-refractivity contribution in [2.45, 2.75) is 66.7 Å². The average molecular weight is 595 g/mol. The molecule has 3 aromatic rings. The molecule has 0 amide bonds. The molecule has 0 aliphatic heterocycles. The van der Waals surface area contributed by atoms with Crippen molar-refractivity contribution in [3.63, 3.8) is 0 Å². The number of benzene rings is 1. The average Bonchev–Trinajstić information content (AvgIpc) is 3.61. The van der Waals surface area contributed by atoms with Crippen molar-refractivity contribution >= 4 is 17.6 Å². The predicted octanol–water partition coefficient (Wildman–Crippen LogP) is 3.09. The van der Waals surface area contributed by atoms with E-state index >= 15 is 0 Å². The fourth-order valence-corrected chi connectivity index (χ4v) is 9.43. The van der Waals surface area contributed by atoms with Crippen LogP contribution in [-0.4, -0.2) is 97.7 Å². The maximum atomic E-state index is 6.01. The SMILES string of the molecule is CCO[Si](CCn1nnnc1-c1ccccc1-c1nnnn1CC[Si](OCC)(OCC)OCC)(OCC)OCC. The van der Waals surface area contributed by atoms with E-state index in [0.717, 1.165) is 11.1 Å². The van der Waals surface area contributed by atoms with Gasteiger partial charge in [0.2, 0.25) is 0 Å². The molecular formula is C24H42N8O6Si2. The second kappa shape index (κ2) is 16.1. The van der Waals surface area contributed by atoms with Gasteiger partial charge in [-0.1, -0.05) is 24.3 Å². The van der Waals surface area contributed by atoms with E-state index in [9.17, 15) is 0 Å². The van der Waals surface area contributed by atoms with E-state index < -0.39 is 17.6 Å². The van der Waals surface area contributed by atoms with Crippen LogP contribution >= 0.6 is 0 Å². The summed E-state index contributed by atoms with van der Waals surface area (Å²) >= 11 is 0. The van der Waals surface area contributed by atoms with Crippen molar-refractivity contribution in [2.24, 2.45) is 0 Å². The summed E-state index contributed by atoms with van der Waals surface area (Å²) in [5, 5.41) is 25.1. The lowest BCUT2D eigenvalue weighted by Gasteiger charge is -2.28. The van der Waals surface area contributed by atoms with Gasteiger partial charge in [-0.05, 0) is 62.4 Å². The van der Waals surface area contributed by atoms with Gasteiger partial charge in [0, 0.05) is 75.9 Å². The van der Waals surface area contributed by atoms with Gasteiger partial charge in [0.25, 0.3) is 0 Å². The summed E-state index contributed by atoms with van der Waals surface area (Å²) in [6.07, 6.45) is 0. The highest BCUT2D eigenvalue weighted by Gasteiger charge is 2.41. The molecule has 0 saturated carbocycles. The van der Waals surface area contributed by atoms with E-state index in [2.05, 4.69) is 31.1 Å². The Morgan fingerprint density at radius 3 is 1.18 bits per heavy atom. The topological polar surface area (TPSA) is 143 Å². The molecule has 0 N–H and O–H groups in total. The van der Waals surface area contributed by atoms with Gasteiger partial charge in [-0.3, -0.25) is 0 Å². The summed E-state index contributed by atoms with van der Waals surface area (Å²) in [5.41, 5.74) is 1.59. The molecule has 1 aromatic carbocycles. The first-order chi connectivity index (χ1) is 19.5. The van der Waals surface area contributed by atoms with Gasteiger partial charge in [-0.15, -0.1) is 10.2 Å². The molecule has 0 aliphatic rings. The summed E-state index contributed by atoms with van der Waals surface area (Å²) in [4.78, 5) is 0. The molecule has 2 heterocycles. The lowest BCUT2D eigenvalue weighted by atomic mass is 10.1. The number of tetrazole rings is 2. The maximum Gasteiger partial charge on any atom is 0.502 e. The molecule has 16 heteroatoms. The summed E-state index contributed by atoms with van der Waals surface area (Å²) in [6.45, 7) is 15.5. The maximum absolute atomic E-state index is 6.01. The van der Waals surface area contributed by atoms with Crippen LogP contribution in [0.1, 0.15) is 41.5 Å². The van der Waals surface area contributed by atoms with Crippen LogP contribution in [0.3, 0.4) is 0 Å². The smallest absolute Gasteiger partial charge is 0.374 e. The minimum atomic E-state index is -2.89. The Hall–Kier alpha value is -2.45. The first-order valence-electron chi connectivity index (χ1n) is 14.0. The van der Waals surface area contributed by atoms with Crippen LogP contribution < -0.4 is 0 Å². The Bertz CT molecular complexity index is 1030. The van der Waals surface area contributed by atoms with Crippen molar-refractivity contribution in [3.05, 3.63) is 24.3 Å². The van der Waals surface area contributed by atoms with E-state index in [0.29, 0.717) is 76.5 Å². The largest absolute Gasteiger partial charge is 0.502 e. The summed E-state index contributed by atoms with van der Waals surface area (Å²) in [6, 6.07) is 8.83. The second-order valence-corrected chi connectivity index (χ2v) is 13.9. The number of aromatic nitrogens is 8. The van der Waals surface area contributed by atoms with Crippen LogP contribution in [0, 0.1) is 0 Å². The fourth-order valence-electron chi connectivity index (χ4n) is 4.46. The Kier molecular flexibility index (Phi) is 12.9. The molecule has 2 aromatic heterocycles. The highest BCUT2D eigenvalue weighted by Crippen LogP contribution is 2.30. The van der Waals surface area contributed by atoms with E-state index in [1.165, 1.54) is 0 Å². The minimum Gasteiger partial charge on any atom is -0.374 e. The Morgan fingerprint density at radius 1 is 0.550 bits per heavy atom. The zero-order valence-corrected chi connectivity index (χ0v) is 26.4. The van der Waals surface area contributed by atoms with Gasteiger partial charge >= 0.3 is 17.6 Å². The molecule has 40 heavy (non-hydrogen) atoms. The minimum absolute atomic E-state index is 0.457. The molecule has 0 bridgehead atoms. The van der Waals surface area contributed by atoms with Crippen molar-refractivity contribution in [2.75, 3.05) is 39.6 Å². The van der Waals surface area contributed by atoms with Gasteiger partial charge in [0.05, 0.1) is 0 Å². The molecule has 14 nitrogen and oxygen atoms in total. The van der Waals surface area contributed by atoms with E-state index in [1.807, 2.05) is 65.8 Å². The molecule has 0 saturated heterocycles. The van der Waals surface area contributed by atoms with Gasteiger partial charge in [0.15, 0.2) is 11.6 Å². The number of hydrogen-bond donors (Lipinski definition) is 0. The van der Waals surface area contributed by atoms with E-state index in [4.69, 9.17) is 26.6 Å². The zero-order valence-electron chi connectivity index (χ0n) is 24.4. The van der Waals surface area contributed by atoms with Crippen LogP contribution in [0.4, 0.5) is 0 Å². The number of hydrogen-bond acceptors (Lipinski definition) is 12. The monoisotopic (exact) mass is 594 g/mol. The van der Waals surface area contributed by atoms with Crippen molar-refractivity contribution in [3.8, 4) is 22.8 Å². The van der Waals surface area contributed by atoms with Crippen molar-refractivity contribution < 1.29 is 26.6 Å². The third-order valence-corrected chi connectivity index (χ3v) is 12.0. The Labute approximate surface area is 238 Å². The summed E-state index contributed by atoms with van der Waals surface area (Å²) in [5.74, 6) is 1.17. The van der Waals surface area contributed by atoms with Crippen LogP contribution in [-0.2, 0) is 39.6 Å². The molecule has 0 unspecified atom stereocenters. The standard InChI is InChI=1S/C24H42N8O6Si2/c1-7-33-39(34-8-2,35-9-3)19-17-31-23(25-27-29-31)21-15-13-14-16-22(21)24-26-28-30-32(24)18-20-40(36-10-4,37-11-5)38-12-6/h13-16H,7-12,17-20H2,1-6H3. The Balaban J connectivity index is 1.89. The number of rotatable bonds is 20. The number of nitrogens with zero attached hydrogens (tertiary/aromatic N) is 8. The third-order valence-electron chi connectivity index (χ3n) is 5.92. The van der Waals surface area contributed by atoms with E-state index in [1.54, 1.807) is 9.36 Å². The molecule has 0 radical (unpaired) electrons. The van der Waals surface area contributed by atoms with Gasteiger partial charge in [0.1, 0.15) is 0 Å². The molecule has 3 rings (SSSR count). The zero-order chi connectivity index (χ0) is 28.8. The normalized spacial score (nSPS) is 12.3. The number of aryl methyl sites for hydroxylation is 2. The third kappa shape index (κ3) is 8.06.